The Balaban J connectivity index is 1.91. The highest BCUT2D eigenvalue weighted by molar-refractivity contribution is 7.92. The Morgan fingerprint density at radius 1 is 1.28 bits per heavy atom. The van der Waals surface area contributed by atoms with E-state index >= 15 is 0 Å². The number of halogens is 1. The number of nitrogens with zero attached hydrogens (tertiary/aromatic N) is 1. The van der Waals surface area contributed by atoms with Crippen LogP contribution in [0.2, 0.25) is 5.02 Å². The molecule has 3 rings (SSSR count). The van der Waals surface area contributed by atoms with Gasteiger partial charge < -0.3 is 14.8 Å². The van der Waals surface area contributed by atoms with Crippen LogP contribution in [0, 0.1) is 0 Å². The van der Waals surface area contributed by atoms with E-state index in [0.29, 0.717) is 23.9 Å². The number of ether oxygens (including phenoxy) is 2. The fourth-order valence-electron chi connectivity index (χ4n) is 3.10. The molecule has 1 amide bonds. The van der Waals surface area contributed by atoms with E-state index in [1.54, 1.807) is 30.3 Å². The van der Waals surface area contributed by atoms with Gasteiger partial charge in [-0.15, -0.1) is 0 Å². The largest absolute Gasteiger partial charge is 0.495 e. The maximum Gasteiger partial charge on any atom is 0.264 e. The van der Waals surface area contributed by atoms with Crippen LogP contribution in [0.5, 0.6) is 5.75 Å². The molecule has 0 aromatic heterocycles. The Hall–Kier alpha value is -2.29. The number of methoxy groups -OCH3 is 1. The summed E-state index contributed by atoms with van der Waals surface area (Å²) in [7, 11) is -2.61. The summed E-state index contributed by atoms with van der Waals surface area (Å²) in [6, 6.07) is 12.5. The first-order valence-corrected chi connectivity index (χ1v) is 11.0. The van der Waals surface area contributed by atoms with Crippen molar-refractivity contribution in [3.8, 4) is 5.75 Å². The molecule has 9 heteroatoms. The first-order chi connectivity index (χ1) is 13.9. The van der Waals surface area contributed by atoms with E-state index in [1.807, 2.05) is 0 Å². The minimum absolute atomic E-state index is 0.0427. The van der Waals surface area contributed by atoms with Crippen LogP contribution in [0.3, 0.4) is 0 Å². The van der Waals surface area contributed by atoms with Crippen molar-refractivity contribution in [2.45, 2.75) is 23.8 Å². The second-order valence-electron chi connectivity index (χ2n) is 6.58. The molecule has 29 heavy (non-hydrogen) atoms. The van der Waals surface area contributed by atoms with Crippen LogP contribution in [-0.2, 0) is 19.6 Å². The van der Waals surface area contributed by atoms with Gasteiger partial charge in [-0.1, -0.05) is 29.8 Å². The average molecular weight is 439 g/mol. The third kappa shape index (κ3) is 5.20. The Morgan fingerprint density at radius 3 is 2.69 bits per heavy atom. The first kappa shape index (κ1) is 21.4. The molecule has 1 aliphatic heterocycles. The number of amides is 1. The average Bonchev–Trinajstić information content (AvgIpc) is 3.24. The predicted molar refractivity (Wildman–Crippen MR) is 111 cm³/mol. The van der Waals surface area contributed by atoms with E-state index in [2.05, 4.69) is 5.32 Å². The van der Waals surface area contributed by atoms with Gasteiger partial charge in [0.05, 0.1) is 23.8 Å². The van der Waals surface area contributed by atoms with Gasteiger partial charge in [0.25, 0.3) is 10.0 Å². The first-order valence-electron chi connectivity index (χ1n) is 9.21. The third-order valence-corrected chi connectivity index (χ3v) is 6.59. The molecule has 0 radical (unpaired) electrons. The second-order valence-corrected chi connectivity index (χ2v) is 8.88. The highest BCUT2D eigenvalue weighted by Gasteiger charge is 2.30. The molecule has 0 aliphatic carbocycles. The Morgan fingerprint density at radius 2 is 2.03 bits per heavy atom. The second kappa shape index (κ2) is 9.47. The molecule has 156 valence electrons. The molecule has 0 bridgehead atoms. The number of benzene rings is 2. The minimum atomic E-state index is -4.03. The zero-order valence-electron chi connectivity index (χ0n) is 16.0. The van der Waals surface area contributed by atoms with Gasteiger partial charge in [0.15, 0.2) is 0 Å². The van der Waals surface area contributed by atoms with Gasteiger partial charge in [0.2, 0.25) is 5.91 Å². The van der Waals surface area contributed by atoms with Crippen LogP contribution < -0.4 is 14.4 Å². The standard InChI is InChI=1S/C20H23ClN2O5S/c1-27-19-10-9-15(21)12-18(19)23(29(25,26)17-7-3-2-4-8-17)14-20(24)22-13-16-6-5-11-28-16/h2-4,7-10,12,16H,5-6,11,13-14H2,1H3,(H,22,24)/t16-/m1/s1. The normalized spacial score (nSPS) is 16.4. The maximum absolute atomic E-state index is 13.3. The van der Waals surface area contributed by atoms with Gasteiger partial charge in [0, 0.05) is 18.2 Å². The number of carbonyl (C=O) groups excluding carboxylic acids is 1. The van der Waals surface area contributed by atoms with E-state index in [-0.39, 0.29) is 16.7 Å². The summed E-state index contributed by atoms with van der Waals surface area (Å²) in [6.45, 7) is 0.597. The van der Waals surface area contributed by atoms with Gasteiger partial charge in [-0.05, 0) is 43.2 Å². The number of nitrogens with one attached hydrogen (secondary N) is 1. The number of sulfonamides is 1. The lowest BCUT2D eigenvalue weighted by Crippen LogP contribution is -2.43. The highest BCUT2D eigenvalue weighted by Crippen LogP contribution is 2.34. The number of hydrogen-bond donors (Lipinski definition) is 1. The zero-order chi connectivity index (χ0) is 20.9. The van der Waals surface area contributed by atoms with Crippen molar-refractivity contribution in [2.75, 3.05) is 31.1 Å². The van der Waals surface area contributed by atoms with E-state index in [0.717, 1.165) is 17.1 Å². The van der Waals surface area contributed by atoms with Crippen LogP contribution in [0.1, 0.15) is 12.8 Å². The van der Waals surface area contributed by atoms with E-state index in [9.17, 15) is 13.2 Å². The summed E-state index contributed by atoms with van der Waals surface area (Å²) in [5.74, 6) is -0.150. The van der Waals surface area contributed by atoms with Gasteiger partial charge in [-0.3, -0.25) is 9.10 Å². The minimum Gasteiger partial charge on any atom is -0.495 e. The monoisotopic (exact) mass is 438 g/mol. The van der Waals surface area contributed by atoms with Crippen LogP contribution in [0.15, 0.2) is 53.4 Å². The Bertz CT molecular complexity index is 947. The van der Waals surface area contributed by atoms with E-state index in [1.165, 1.54) is 25.3 Å². The number of anilines is 1. The van der Waals surface area contributed by atoms with Gasteiger partial charge >= 0.3 is 0 Å². The fraction of sp³-hybridized carbons (Fsp3) is 0.350. The lowest BCUT2D eigenvalue weighted by atomic mass is 10.2. The summed E-state index contributed by atoms with van der Waals surface area (Å²) >= 11 is 6.10. The van der Waals surface area contributed by atoms with Gasteiger partial charge in [-0.2, -0.15) is 0 Å². The molecule has 2 aromatic rings. The quantitative estimate of drug-likeness (QED) is 0.685. The van der Waals surface area contributed by atoms with Gasteiger partial charge in [-0.25, -0.2) is 8.42 Å². The lowest BCUT2D eigenvalue weighted by molar-refractivity contribution is -0.120. The fourth-order valence-corrected chi connectivity index (χ4v) is 4.71. The van der Waals surface area contributed by atoms with Crippen molar-refractivity contribution < 1.29 is 22.7 Å². The van der Waals surface area contributed by atoms with Crippen molar-refractivity contribution in [1.29, 1.82) is 0 Å². The van der Waals surface area contributed by atoms with Crippen molar-refractivity contribution >= 4 is 33.2 Å². The molecule has 0 unspecified atom stereocenters. The van der Waals surface area contributed by atoms with Crippen LogP contribution in [-0.4, -0.2) is 47.2 Å². The molecule has 1 saturated heterocycles. The zero-order valence-corrected chi connectivity index (χ0v) is 17.6. The Labute approximate surface area is 175 Å². The highest BCUT2D eigenvalue weighted by atomic mass is 35.5. The topological polar surface area (TPSA) is 84.9 Å². The smallest absolute Gasteiger partial charge is 0.264 e. The third-order valence-electron chi connectivity index (χ3n) is 4.58. The molecule has 1 fully saturated rings. The summed E-state index contributed by atoms with van der Waals surface area (Å²) in [6.07, 6.45) is 1.78. The van der Waals surface area contributed by atoms with Crippen LogP contribution >= 0.6 is 11.6 Å². The molecule has 2 aromatic carbocycles. The molecule has 0 spiro atoms. The van der Waals surface area contributed by atoms with Crippen molar-refractivity contribution in [3.05, 3.63) is 53.6 Å². The van der Waals surface area contributed by atoms with Crippen LogP contribution in [0.4, 0.5) is 5.69 Å². The van der Waals surface area contributed by atoms with Crippen LogP contribution in [0.25, 0.3) is 0 Å². The predicted octanol–water partition coefficient (Wildman–Crippen LogP) is 2.84. The van der Waals surface area contributed by atoms with E-state index < -0.39 is 22.5 Å². The molecular formula is C20H23ClN2O5S. The molecule has 7 nitrogen and oxygen atoms in total. The lowest BCUT2D eigenvalue weighted by Gasteiger charge is -2.26. The molecule has 1 atom stereocenters. The summed E-state index contributed by atoms with van der Waals surface area (Å²) in [5, 5.41) is 3.08. The van der Waals surface area contributed by atoms with E-state index in [4.69, 9.17) is 21.1 Å². The summed E-state index contributed by atoms with van der Waals surface area (Å²) < 4.78 is 38.5. The number of rotatable bonds is 8. The van der Waals surface area contributed by atoms with Crippen molar-refractivity contribution in [3.63, 3.8) is 0 Å². The van der Waals surface area contributed by atoms with Crippen molar-refractivity contribution in [1.82, 2.24) is 5.32 Å². The van der Waals surface area contributed by atoms with Crippen molar-refractivity contribution in [2.24, 2.45) is 0 Å². The molecule has 1 N–H and O–H groups in total. The molecule has 1 aliphatic rings. The molecule has 0 saturated carbocycles. The maximum atomic E-state index is 13.3. The summed E-state index contributed by atoms with van der Waals surface area (Å²) in [4.78, 5) is 12.7. The SMILES string of the molecule is COc1ccc(Cl)cc1N(CC(=O)NC[C@H]1CCCO1)S(=O)(=O)c1ccccc1. The van der Waals surface area contributed by atoms with Gasteiger partial charge in [0.1, 0.15) is 12.3 Å². The number of carbonyl (C=O) groups is 1. The number of hydrogen-bond acceptors (Lipinski definition) is 5. The Kier molecular flexibility index (Phi) is 7.00. The molecular weight excluding hydrogens is 416 g/mol. The summed E-state index contributed by atoms with van der Waals surface area (Å²) in [5.41, 5.74) is 0.191. The molecule has 1 heterocycles.